The van der Waals surface area contributed by atoms with Gasteiger partial charge >= 0.3 is 0 Å². The van der Waals surface area contributed by atoms with Crippen LogP contribution in [0.1, 0.15) is 32.6 Å². The predicted molar refractivity (Wildman–Crippen MR) is 58.9 cm³/mol. The highest BCUT2D eigenvalue weighted by Crippen LogP contribution is 2.04. The second-order valence-corrected chi connectivity index (χ2v) is 3.69. The minimum absolute atomic E-state index is 0.0119. The molecule has 5 N–H and O–H groups in total. The first-order valence-corrected chi connectivity index (χ1v) is 5.34. The zero-order valence-electron chi connectivity index (χ0n) is 9.29. The van der Waals surface area contributed by atoms with Crippen LogP contribution in [0.25, 0.3) is 0 Å². The summed E-state index contributed by atoms with van der Waals surface area (Å²) < 4.78 is 0. The van der Waals surface area contributed by atoms with Gasteiger partial charge in [-0.25, -0.2) is 0 Å². The maximum Gasteiger partial charge on any atom is 0.222 e. The fraction of sp³-hybridized carbons (Fsp3) is 0.800. The lowest BCUT2D eigenvalue weighted by molar-refractivity contribution is -0.125. The molecule has 0 aliphatic rings. The van der Waals surface area contributed by atoms with E-state index >= 15 is 0 Å². The van der Waals surface area contributed by atoms with E-state index in [1.165, 1.54) is 0 Å². The Bertz CT molecular complexity index is 207. The summed E-state index contributed by atoms with van der Waals surface area (Å²) in [6.07, 6.45) is 2.58. The molecule has 0 fully saturated rings. The van der Waals surface area contributed by atoms with Crippen molar-refractivity contribution in [2.75, 3.05) is 13.1 Å². The van der Waals surface area contributed by atoms with Crippen molar-refractivity contribution in [3.63, 3.8) is 0 Å². The highest BCUT2D eigenvalue weighted by molar-refractivity contribution is 5.78. The Labute approximate surface area is 90.6 Å². The van der Waals surface area contributed by atoms with E-state index in [0.29, 0.717) is 25.9 Å². The van der Waals surface area contributed by atoms with E-state index in [-0.39, 0.29) is 17.7 Å². The van der Waals surface area contributed by atoms with Crippen molar-refractivity contribution in [2.45, 2.75) is 32.6 Å². The van der Waals surface area contributed by atoms with Crippen molar-refractivity contribution < 1.29 is 9.59 Å². The van der Waals surface area contributed by atoms with Crippen molar-refractivity contribution in [2.24, 2.45) is 17.4 Å². The lowest BCUT2D eigenvalue weighted by Crippen LogP contribution is -2.30. The molecule has 0 saturated heterocycles. The summed E-state index contributed by atoms with van der Waals surface area (Å²) in [5.41, 5.74) is 10.3. The third-order valence-corrected chi connectivity index (χ3v) is 2.19. The fourth-order valence-electron chi connectivity index (χ4n) is 1.20. The van der Waals surface area contributed by atoms with Crippen LogP contribution in [0.4, 0.5) is 0 Å². The quantitative estimate of drug-likeness (QED) is 0.487. The Balaban J connectivity index is 3.51. The molecule has 5 nitrogen and oxygen atoms in total. The average Bonchev–Trinajstić information content (AvgIpc) is 2.20. The van der Waals surface area contributed by atoms with Gasteiger partial charge in [0.15, 0.2) is 0 Å². The van der Waals surface area contributed by atoms with Gasteiger partial charge in [0, 0.05) is 18.9 Å². The van der Waals surface area contributed by atoms with Crippen molar-refractivity contribution in [3.8, 4) is 0 Å². The minimum atomic E-state index is -0.333. The summed E-state index contributed by atoms with van der Waals surface area (Å²) in [7, 11) is 0. The van der Waals surface area contributed by atoms with Crippen LogP contribution in [0.2, 0.25) is 0 Å². The summed E-state index contributed by atoms with van der Waals surface area (Å²) in [4.78, 5) is 21.8. The molecule has 1 atom stereocenters. The monoisotopic (exact) mass is 215 g/mol. The molecule has 0 bridgehead atoms. The Hall–Kier alpha value is -1.10. The molecule has 0 radical (unpaired) electrons. The van der Waals surface area contributed by atoms with Gasteiger partial charge in [0.25, 0.3) is 0 Å². The number of rotatable bonds is 8. The molecule has 0 heterocycles. The predicted octanol–water partition coefficient (Wildman–Crippen LogP) is -0.257. The van der Waals surface area contributed by atoms with Crippen molar-refractivity contribution >= 4 is 11.8 Å². The summed E-state index contributed by atoms with van der Waals surface area (Å²) >= 11 is 0. The maximum absolute atomic E-state index is 11.4. The first kappa shape index (κ1) is 13.9. The topological polar surface area (TPSA) is 98.2 Å². The molecule has 0 aliphatic heterocycles. The van der Waals surface area contributed by atoms with Crippen LogP contribution in [0.5, 0.6) is 0 Å². The molecular weight excluding hydrogens is 194 g/mol. The molecule has 0 spiro atoms. The van der Waals surface area contributed by atoms with E-state index in [4.69, 9.17) is 11.5 Å². The van der Waals surface area contributed by atoms with E-state index < -0.39 is 0 Å². The number of hydrogen-bond acceptors (Lipinski definition) is 3. The average molecular weight is 215 g/mol. The molecule has 0 aromatic carbocycles. The van der Waals surface area contributed by atoms with Gasteiger partial charge in [-0.2, -0.15) is 0 Å². The van der Waals surface area contributed by atoms with E-state index in [9.17, 15) is 9.59 Å². The van der Waals surface area contributed by atoms with Crippen molar-refractivity contribution in [1.29, 1.82) is 0 Å². The normalized spacial score (nSPS) is 12.1. The molecule has 88 valence electrons. The van der Waals surface area contributed by atoms with Gasteiger partial charge in [-0.1, -0.05) is 6.92 Å². The second-order valence-electron chi connectivity index (χ2n) is 3.69. The largest absolute Gasteiger partial charge is 0.370 e. The zero-order chi connectivity index (χ0) is 11.7. The van der Waals surface area contributed by atoms with Gasteiger partial charge in [-0.15, -0.1) is 0 Å². The number of primary amides is 1. The second kappa shape index (κ2) is 8.23. The Kier molecular flexibility index (Phi) is 7.62. The van der Waals surface area contributed by atoms with E-state index in [0.717, 1.165) is 12.8 Å². The fourth-order valence-corrected chi connectivity index (χ4v) is 1.20. The molecule has 15 heavy (non-hydrogen) atoms. The summed E-state index contributed by atoms with van der Waals surface area (Å²) in [6, 6.07) is 0. The maximum atomic E-state index is 11.4. The number of hydrogen-bond donors (Lipinski definition) is 3. The molecule has 2 amide bonds. The Morgan fingerprint density at radius 1 is 1.33 bits per heavy atom. The highest BCUT2D eigenvalue weighted by atomic mass is 16.2. The molecule has 1 unspecified atom stereocenters. The summed E-state index contributed by atoms with van der Waals surface area (Å²) in [5.74, 6) is -0.324. The number of nitrogens with one attached hydrogen (secondary N) is 1. The molecule has 0 aromatic rings. The van der Waals surface area contributed by atoms with Crippen molar-refractivity contribution in [3.05, 3.63) is 0 Å². The van der Waals surface area contributed by atoms with Crippen LogP contribution in [-0.4, -0.2) is 24.9 Å². The first-order valence-electron chi connectivity index (χ1n) is 5.34. The third kappa shape index (κ3) is 7.93. The van der Waals surface area contributed by atoms with Crippen LogP contribution in [-0.2, 0) is 9.59 Å². The summed E-state index contributed by atoms with van der Waals surface area (Å²) in [5, 5.41) is 2.76. The van der Waals surface area contributed by atoms with E-state index in [1.807, 2.05) is 6.92 Å². The lowest BCUT2D eigenvalue weighted by Gasteiger charge is -2.10. The highest BCUT2D eigenvalue weighted by Gasteiger charge is 2.10. The van der Waals surface area contributed by atoms with Gasteiger partial charge in [0.05, 0.1) is 0 Å². The standard InChI is InChI=1S/C10H21N3O2/c1-8(4-2-6-11)10(15)13-7-3-5-9(12)14/h8H,2-7,11H2,1H3,(H2,12,14)(H,13,15). The van der Waals surface area contributed by atoms with Gasteiger partial charge in [-0.3, -0.25) is 9.59 Å². The SMILES string of the molecule is CC(CCCN)C(=O)NCCCC(N)=O. The van der Waals surface area contributed by atoms with Crippen molar-refractivity contribution in [1.82, 2.24) is 5.32 Å². The molecule has 0 aliphatic carbocycles. The number of nitrogens with two attached hydrogens (primary N) is 2. The summed E-state index contributed by atoms with van der Waals surface area (Å²) in [6.45, 7) is 2.99. The van der Waals surface area contributed by atoms with Gasteiger partial charge in [-0.05, 0) is 25.8 Å². The smallest absolute Gasteiger partial charge is 0.222 e. The Morgan fingerprint density at radius 3 is 2.53 bits per heavy atom. The number of amides is 2. The molecule has 0 saturated carbocycles. The third-order valence-electron chi connectivity index (χ3n) is 2.19. The number of carbonyl (C=O) groups is 2. The van der Waals surface area contributed by atoms with Crippen LogP contribution in [0.15, 0.2) is 0 Å². The van der Waals surface area contributed by atoms with E-state index in [1.54, 1.807) is 0 Å². The van der Waals surface area contributed by atoms with Crippen LogP contribution < -0.4 is 16.8 Å². The van der Waals surface area contributed by atoms with Gasteiger partial charge in [0.2, 0.25) is 11.8 Å². The van der Waals surface area contributed by atoms with Crippen LogP contribution in [0.3, 0.4) is 0 Å². The Morgan fingerprint density at radius 2 is 2.00 bits per heavy atom. The first-order chi connectivity index (χ1) is 7.07. The lowest BCUT2D eigenvalue weighted by atomic mass is 10.0. The molecule has 5 heteroatoms. The molecule has 0 rings (SSSR count). The minimum Gasteiger partial charge on any atom is -0.370 e. The number of carbonyl (C=O) groups excluding carboxylic acids is 2. The van der Waals surface area contributed by atoms with E-state index in [2.05, 4.69) is 5.32 Å². The molecule has 0 aromatic heterocycles. The van der Waals surface area contributed by atoms with Gasteiger partial charge < -0.3 is 16.8 Å². The molecular formula is C10H21N3O2. The van der Waals surface area contributed by atoms with Gasteiger partial charge in [0.1, 0.15) is 0 Å². The zero-order valence-corrected chi connectivity index (χ0v) is 9.29. The van der Waals surface area contributed by atoms with Crippen LogP contribution in [0, 0.1) is 5.92 Å². The van der Waals surface area contributed by atoms with Crippen LogP contribution >= 0.6 is 0 Å².